The second-order valence-corrected chi connectivity index (χ2v) is 5.93. The topological polar surface area (TPSA) is 92.4 Å². The summed E-state index contributed by atoms with van der Waals surface area (Å²) in [5, 5.41) is 11.6. The third kappa shape index (κ3) is 7.48. The highest BCUT2D eigenvalue weighted by atomic mass is 16.4. The van der Waals surface area contributed by atoms with Gasteiger partial charge in [-0.25, -0.2) is 0 Å². The first-order valence-corrected chi connectivity index (χ1v) is 7.54. The third-order valence-corrected chi connectivity index (χ3v) is 4.05. The van der Waals surface area contributed by atoms with Crippen molar-refractivity contribution in [2.75, 3.05) is 6.54 Å². The lowest BCUT2D eigenvalue weighted by molar-refractivity contribution is -0.137. The normalized spacial score (nSPS) is 15.7. The highest BCUT2D eigenvalue weighted by Crippen LogP contribution is 2.20. The molecular formula is C15H30N2O3. The number of nitrogens with one attached hydrogen (secondary N) is 1. The van der Waals surface area contributed by atoms with E-state index in [-0.39, 0.29) is 18.2 Å². The Labute approximate surface area is 122 Å². The van der Waals surface area contributed by atoms with Gasteiger partial charge < -0.3 is 16.2 Å². The largest absolute Gasteiger partial charge is 0.481 e. The summed E-state index contributed by atoms with van der Waals surface area (Å²) in [4.78, 5) is 22.5. The number of carboxylic acid groups (broad SMARTS) is 1. The lowest BCUT2D eigenvalue weighted by Gasteiger charge is -2.22. The average Bonchev–Trinajstić information content (AvgIpc) is 2.39. The van der Waals surface area contributed by atoms with Crippen LogP contribution in [0.1, 0.15) is 53.4 Å². The monoisotopic (exact) mass is 286 g/mol. The minimum Gasteiger partial charge on any atom is -0.481 e. The van der Waals surface area contributed by atoms with Crippen LogP contribution in [0.15, 0.2) is 0 Å². The zero-order valence-corrected chi connectivity index (χ0v) is 13.2. The van der Waals surface area contributed by atoms with Crippen LogP contribution in [-0.2, 0) is 9.59 Å². The summed E-state index contributed by atoms with van der Waals surface area (Å²) in [6, 6.07) is -0.462. The lowest BCUT2D eigenvalue weighted by atomic mass is 9.88. The van der Waals surface area contributed by atoms with Gasteiger partial charge in [-0.15, -0.1) is 0 Å². The molecule has 0 rings (SSSR count). The summed E-state index contributed by atoms with van der Waals surface area (Å²) in [6.45, 7) is 8.70. The number of amides is 1. The SMILES string of the molecule is CC[C@H](C)[C@H](N)C(=O)NCCC(CCC(=O)O)C(C)C. The second-order valence-electron chi connectivity index (χ2n) is 5.93. The standard InChI is InChI=1S/C15H30N2O3/c1-5-11(4)14(16)15(20)17-9-8-12(10(2)3)6-7-13(18)19/h10-12,14H,5-9,16H2,1-4H3,(H,17,20)(H,18,19)/t11-,12?,14-/m0/s1. The van der Waals surface area contributed by atoms with Crippen LogP contribution < -0.4 is 11.1 Å². The molecule has 4 N–H and O–H groups in total. The minimum absolute atomic E-state index is 0.111. The Hall–Kier alpha value is -1.10. The molecule has 118 valence electrons. The number of hydrogen-bond donors (Lipinski definition) is 3. The maximum atomic E-state index is 11.8. The van der Waals surface area contributed by atoms with Crippen molar-refractivity contribution in [3.63, 3.8) is 0 Å². The van der Waals surface area contributed by atoms with Gasteiger partial charge in [0.15, 0.2) is 0 Å². The first kappa shape index (κ1) is 18.9. The Morgan fingerprint density at radius 2 is 1.80 bits per heavy atom. The molecule has 5 heteroatoms. The second kappa shape index (κ2) is 9.75. The smallest absolute Gasteiger partial charge is 0.303 e. The molecule has 1 amide bonds. The molecule has 0 aliphatic carbocycles. The summed E-state index contributed by atoms with van der Waals surface area (Å²) < 4.78 is 0. The van der Waals surface area contributed by atoms with Crippen LogP contribution in [0, 0.1) is 17.8 Å². The molecule has 0 aromatic rings. The fraction of sp³-hybridized carbons (Fsp3) is 0.867. The van der Waals surface area contributed by atoms with Crippen molar-refractivity contribution in [1.29, 1.82) is 0 Å². The zero-order chi connectivity index (χ0) is 15.7. The van der Waals surface area contributed by atoms with Crippen LogP contribution in [-0.4, -0.2) is 29.6 Å². The van der Waals surface area contributed by atoms with Crippen molar-refractivity contribution in [3.8, 4) is 0 Å². The molecule has 5 nitrogen and oxygen atoms in total. The molecule has 0 radical (unpaired) electrons. The van der Waals surface area contributed by atoms with Crippen molar-refractivity contribution in [3.05, 3.63) is 0 Å². The van der Waals surface area contributed by atoms with Gasteiger partial charge in [0, 0.05) is 13.0 Å². The van der Waals surface area contributed by atoms with Crippen LogP contribution in [0.25, 0.3) is 0 Å². The Bertz CT molecular complexity index is 305. The van der Waals surface area contributed by atoms with Gasteiger partial charge in [0.25, 0.3) is 0 Å². The number of nitrogens with two attached hydrogens (primary N) is 1. The quantitative estimate of drug-likeness (QED) is 0.572. The maximum absolute atomic E-state index is 11.8. The number of aliphatic carboxylic acids is 1. The average molecular weight is 286 g/mol. The molecule has 0 fully saturated rings. The fourth-order valence-corrected chi connectivity index (χ4v) is 2.13. The van der Waals surface area contributed by atoms with Crippen molar-refractivity contribution in [2.45, 2.75) is 59.4 Å². The van der Waals surface area contributed by atoms with E-state index in [2.05, 4.69) is 19.2 Å². The van der Waals surface area contributed by atoms with Gasteiger partial charge >= 0.3 is 5.97 Å². The first-order valence-electron chi connectivity index (χ1n) is 7.54. The highest BCUT2D eigenvalue weighted by molar-refractivity contribution is 5.81. The predicted octanol–water partition coefficient (Wildman–Crippen LogP) is 2.00. The van der Waals surface area contributed by atoms with Gasteiger partial charge in [0.2, 0.25) is 5.91 Å². The van der Waals surface area contributed by atoms with Gasteiger partial charge in [-0.2, -0.15) is 0 Å². The summed E-state index contributed by atoms with van der Waals surface area (Å²) >= 11 is 0. The lowest BCUT2D eigenvalue weighted by Crippen LogP contribution is -2.45. The summed E-state index contributed by atoms with van der Waals surface area (Å²) in [5.41, 5.74) is 5.86. The number of rotatable bonds is 10. The van der Waals surface area contributed by atoms with Crippen LogP contribution in [0.2, 0.25) is 0 Å². The molecule has 20 heavy (non-hydrogen) atoms. The molecule has 0 aliphatic rings. The molecule has 0 spiro atoms. The number of hydrogen-bond acceptors (Lipinski definition) is 3. The number of carbonyl (C=O) groups excluding carboxylic acids is 1. The third-order valence-electron chi connectivity index (χ3n) is 4.05. The van der Waals surface area contributed by atoms with E-state index in [4.69, 9.17) is 10.8 Å². The molecular weight excluding hydrogens is 256 g/mol. The van der Waals surface area contributed by atoms with E-state index in [1.54, 1.807) is 0 Å². The van der Waals surface area contributed by atoms with Crippen molar-refractivity contribution in [1.82, 2.24) is 5.32 Å². The number of carboxylic acids is 1. The van der Waals surface area contributed by atoms with Crippen molar-refractivity contribution < 1.29 is 14.7 Å². The van der Waals surface area contributed by atoms with Crippen LogP contribution in [0.5, 0.6) is 0 Å². The summed E-state index contributed by atoms with van der Waals surface area (Å²) in [6.07, 6.45) is 2.51. The predicted molar refractivity (Wildman–Crippen MR) is 80.3 cm³/mol. The molecule has 0 saturated carbocycles. The van der Waals surface area contributed by atoms with E-state index in [1.165, 1.54) is 0 Å². The van der Waals surface area contributed by atoms with E-state index in [1.807, 2.05) is 13.8 Å². The molecule has 0 heterocycles. The van der Waals surface area contributed by atoms with Gasteiger partial charge in [-0.1, -0.05) is 34.1 Å². The van der Waals surface area contributed by atoms with Crippen LogP contribution in [0.4, 0.5) is 0 Å². The Morgan fingerprint density at radius 1 is 1.20 bits per heavy atom. The van der Waals surface area contributed by atoms with Gasteiger partial charge in [0.05, 0.1) is 6.04 Å². The highest BCUT2D eigenvalue weighted by Gasteiger charge is 2.20. The van der Waals surface area contributed by atoms with E-state index in [9.17, 15) is 9.59 Å². The molecule has 3 atom stereocenters. The van der Waals surface area contributed by atoms with E-state index in [0.717, 1.165) is 12.8 Å². The Balaban J connectivity index is 4.10. The fourth-order valence-electron chi connectivity index (χ4n) is 2.13. The molecule has 0 bridgehead atoms. The van der Waals surface area contributed by atoms with E-state index in [0.29, 0.717) is 24.8 Å². The van der Waals surface area contributed by atoms with Crippen molar-refractivity contribution in [2.24, 2.45) is 23.5 Å². The summed E-state index contributed by atoms with van der Waals surface area (Å²) in [5.74, 6) is 0.0159. The maximum Gasteiger partial charge on any atom is 0.303 e. The first-order chi connectivity index (χ1) is 9.29. The minimum atomic E-state index is -0.765. The molecule has 0 saturated heterocycles. The van der Waals surface area contributed by atoms with Gasteiger partial charge in [-0.3, -0.25) is 9.59 Å². The van der Waals surface area contributed by atoms with Crippen LogP contribution >= 0.6 is 0 Å². The number of carbonyl (C=O) groups is 2. The van der Waals surface area contributed by atoms with Gasteiger partial charge in [0.1, 0.15) is 0 Å². The molecule has 1 unspecified atom stereocenters. The zero-order valence-electron chi connectivity index (χ0n) is 13.2. The van der Waals surface area contributed by atoms with Gasteiger partial charge in [-0.05, 0) is 30.6 Å². The summed E-state index contributed by atoms with van der Waals surface area (Å²) in [7, 11) is 0. The van der Waals surface area contributed by atoms with Crippen molar-refractivity contribution >= 4 is 11.9 Å². The van der Waals surface area contributed by atoms with E-state index < -0.39 is 12.0 Å². The van der Waals surface area contributed by atoms with E-state index >= 15 is 0 Å². The Kier molecular flexibility index (Phi) is 9.21. The molecule has 0 aromatic carbocycles. The Morgan fingerprint density at radius 3 is 2.25 bits per heavy atom. The van der Waals surface area contributed by atoms with Crippen LogP contribution in [0.3, 0.4) is 0 Å². The molecule has 0 aromatic heterocycles. The molecule has 0 aliphatic heterocycles.